The molecule has 0 bridgehead atoms. The summed E-state index contributed by atoms with van der Waals surface area (Å²) >= 11 is 0. The highest BCUT2D eigenvalue weighted by Gasteiger charge is 2.20. The van der Waals surface area contributed by atoms with Crippen molar-refractivity contribution in [2.24, 2.45) is 10.3 Å². The van der Waals surface area contributed by atoms with Gasteiger partial charge in [0.1, 0.15) is 0 Å². The molecule has 2 N–H and O–H groups in total. The molecule has 0 aliphatic rings. The molecule has 94 valence electrons. The van der Waals surface area contributed by atoms with Crippen LogP contribution in [0.4, 0.5) is 5.82 Å². The number of H-pyrrole nitrogens is 1. The smallest absolute Gasteiger partial charge is 0.274 e. The second-order valence-corrected chi connectivity index (χ2v) is 4.84. The second kappa shape index (κ2) is 4.94. The Morgan fingerprint density at radius 2 is 2.12 bits per heavy atom. The lowest BCUT2D eigenvalue weighted by molar-refractivity contribution is 0.0915. The predicted molar refractivity (Wildman–Crippen MR) is 64.0 cm³/mol. The largest absolute Gasteiger partial charge is 0.346 e. The minimum Gasteiger partial charge on any atom is -0.346 e. The summed E-state index contributed by atoms with van der Waals surface area (Å²) in [6.45, 7) is 5.70. The maximum absolute atomic E-state index is 11.9. The Kier molecular flexibility index (Phi) is 3.82. The van der Waals surface area contributed by atoms with Crippen molar-refractivity contribution in [2.45, 2.75) is 26.3 Å². The summed E-state index contributed by atoms with van der Waals surface area (Å²) in [5, 5.41) is 12.0. The highest BCUT2D eigenvalue weighted by Crippen LogP contribution is 2.15. The molecule has 1 rings (SSSR count). The summed E-state index contributed by atoms with van der Waals surface area (Å²) < 4.78 is 0. The highest BCUT2D eigenvalue weighted by molar-refractivity contribution is 5.96. The first-order valence-corrected chi connectivity index (χ1v) is 5.24. The molecule has 7 heteroatoms. The number of hydrogen-bond acceptors (Lipinski definition) is 4. The van der Waals surface area contributed by atoms with Gasteiger partial charge < -0.3 is 10.3 Å². The van der Waals surface area contributed by atoms with Crippen LogP contribution in [0.25, 0.3) is 0 Å². The number of carbonyl (C=O) groups is 1. The van der Waals surface area contributed by atoms with Gasteiger partial charge in [-0.05, 0) is 20.8 Å². The lowest BCUT2D eigenvalue weighted by atomic mass is 10.1. The van der Waals surface area contributed by atoms with E-state index in [1.165, 1.54) is 11.3 Å². The van der Waals surface area contributed by atoms with E-state index < -0.39 is 0 Å². The van der Waals surface area contributed by atoms with Crippen LogP contribution in [0.2, 0.25) is 0 Å². The Morgan fingerprint density at radius 3 is 2.65 bits per heavy atom. The van der Waals surface area contributed by atoms with E-state index in [9.17, 15) is 4.79 Å². The maximum Gasteiger partial charge on any atom is 0.274 e. The first-order chi connectivity index (χ1) is 7.79. The number of nitrogens with zero attached hydrogens (tertiary/aromatic N) is 4. The lowest BCUT2D eigenvalue weighted by Gasteiger charge is -2.19. The minimum atomic E-state index is -0.313. The number of hydrogen-bond donors (Lipinski definition) is 2. The van der Waals surface area contributed by atoms with E-state index in [0.717, 1.165) is 0 Å². The molecule has 0 fully saturated rings. The molecular formula is C10H18N6O. The average Bonchev–Trinajstić information content (AvgIpc) is 2.59. The fraction of sp³-hybridized carbons (Fsp3) is 0.600. The molecular weight excluding hydrogens is 220 g/mol. The summed E-state index contributed by atoms with van der Waals surface area (Å²) in [4.78, 5) is 18.6. The molecule has 1 aromatic heterocycles. The fourth-order valence-electron chi connectivity index (χ4n) is 1.06. The van der Waals surface area contributed by atoms with Crippen LogP contribution in [0.5, 0.6) is 0 Å². The first-order valence-electron chi connectivity index (χ1n) is 5.24. The molecule has 0 saturated heterocycles. The Labute approximate surface area is 100 Å². The summed E-state index contributed by atoms with van der Waals surface area (Å²) in [5.74, 6) is 0.0758. The summed E-state index contributed by atoms with van der Waals surface area (Å²) in [6, 6.07) is 0. The average molecular weight is 238 g/mol. The van der Waals surface area contributed by atoms with Gasteiger partial charge in [-0.3, -0.25) is 9.80 Å². The first kappa shape index (κ1) is 13.1. The number of nitrogens with one attached hydrogen (secondary N) is 2. The zero-order valence-electron chi connectivity index (χ0n) is 10.8. The quantitative estimate of drug-likeness (QED) is 0.618. The summed E-state index contributed by atoms with van der Waals surface area (Å²) in [7, 11) is 3.49. The standard InChI is InChI=1S/C10H18N6O/c1-10(2,3)13-9(17)7-8(12-6-11-7)14-15-16(4)5/h6H,1-5H3,(H,11,12)(H,13,17)/b15-14+. The normalized spacial score (nSPS) is 11.8. The monoisotopic (exact) mass is 238 g/mol. The van der Waals surface area contributed by atoms with Crippen molar-refractivity contribution < 1.29 is 4.79 Å². The number of aromatic amines is 1. The van der Waals surface area contributed by atoms with E-state index in [1.54, 1.807) is 14.1 Å². The van der Waals surface area contributed by atoms with Gasteiger partial charge in [-0.1, -0.05) is 5.22 Å². The van der Waals surface area contributed by atoms with Crippen molar-refractivity contribution in [1.29, 1.82) is 0 Å². The van der Waals surface area contributed by atoms with E-state index >= 15 is 0 Å². The molecule has 0 atom stereocenters. The maximum atomic E-state index is 11.9. The van der Waals surface area contributed by atoms with Crippen LogP contribution in [0.15, 0.2) is 16.7 Å². The molecule has 0 aliphatic carbocycles. The number of aromatic nitrogens is 2. The van der Waals surface area contributed by atoms with Crippen molar-refractivity contribution in [3.8, 4) is 0 Å². The van der Waals surface area contributed by atoms with E-state index in [2.05, 4.69) is 25.6 Å². The molecule has 0 saturated carbocycles. The Bertz CT molecular complexity index is 415. The van der Waals surface area contributed by atoms with E-state index in [1.807, 2.05) is 20.8 Å². The van der Waals surface area contributed by atoms with Gasteiger partial charge in [0, 0.05) is 19.6 Å². The molecule has 7 nitrogen and oxygen atoms in total. The topological polar surface area (TPSA) is 85.7 Å². The summed E-state index contributed by atoms with van der Waals surface area (Å²) in [5.41, 5.74) is -0.0723. The van der Waals surface area contributed by atoms with Gasteiger partial charge in [-0.25, -0.2) is 4.98 Å². The highest BCUT2D eigenvalue weighted by atomic mass is 16.2. The van der Waals surface area contributed by atoms with Crippen molar-refractivity contribution in [1.82, 2.24) is 20.3 Å². The third-order valence-electron chi connectivity index (χ3n) is 1.65. The number of carbonyl (C=O) groups excluding carboxylic acids is 1. The van der Waals surface area contributed by atoms with Crippen LogP contribution in [-0.4, -0.2) is 40.5 Å². The third-order valence-corrected chi connectivity index (χ3v) is 1.65. The second-order valence-electron chi connectivity index (χ2n) is 4.84. The lowest BCUT2D eigenvalue weighted by Crippen LogP contribution is -2.40. The number of imidazole rings is 1. The van der Waals surface area contributed by atoms with Crippen molar-refractivity contribution in [3.63, 3.8) is 0 Å². The minimum absolute atomic E-state index is 0.241. The van der Waals surface area contributed by atoms with Gasteiger partial charge in [0.15, 0.2) is 11.5 Å². The zero-order chi connectivity index (χ0) is 13.1. The fourth-order valence-corrected chi connectivity index (χ4v) is 1.06. The van der Waals surface area contributed by atoms with Gasteiger partial charge in [-0.15, -0.1) is 5.11 Å². The number of rotatable bonds is 3. The molecule has 0 spiro atoms. The summed E-state index contributed by atoms with van der Waals surface area (Å²) in [6.07, 6.45) is 1.42. The van der Waals surface area contributed by atoms with Crippen LogP contribution in [-0.2, 0) is 0 Å². The molecule has 17 heavy (non-hydrogen) atoms. The van der Waals surface area contributed by atoms with Crippen LogP contribution < -0.4 is 5.32 Å². The van der Waals surface area contributed by atoms with Crippen LogP contribution in [0, 0.1) is 0 Å². The molecule has 0 radical (unpaired) electrons. The van der Waals surface area contributed by atoms with Crippen LogP contribution in [0.3, 0.4) is 0 Å². The van der Waals surface area contributed by atoms with Crippen LogP contribution in [0.1, 0.15) is 31.3 Å². The third kappa shape index (κ3) is 4.21. The van der Waals surface area contributed by atoms with Crippen molar-refractivity contribution >= 4 is 11.7 Å². The van der Waals surface area contributed by atoms with Gasteiger partial charge in [0.2, 0.25) is 0 Å². The SMILES string of the molecule is CN(C)/N=N/c1[nH]cnc1C(=O)NC(C)(C)C. The number of amides is 1. The molecule has 1 heterocycles. The van der Waals surface area contributed by atoms with Gasteiger partial charge in [0.25, 0.3) is 5.91 Å². The van der Waals surface area contributed by atoms with Crippen LogP contribution >= 0.6 is 0 Å². The van der Waals surface area contributed by atoms with E-state index in [4.69, 9.17) is 0 Å². The molecule has 0 unspecified atom stereocenters. The van der Waals surface area contributed by atoms with E-state index in [-0.39, 0.29) is 17.1 Å². The molecule has 0 aliphatic heterocycles. The van der Waals surface area contributed by atoms with Crippen molar-refractivity contribution in [2.75, 3.05) is 14.1 Å². The van der Waals surface area contributed by atoms with Gasteiger partial charge >= 0.3 is 0 Å². The predicted octanol–water partition coefficient (Wildman–Crippen LogP) is 1.50. The molecule has 1 amide bonds. The van der Waals surface area contributed by atoms with Gasteiger partial charge in [0.05, 0.1) is 6.33 Å². The van der Waals surface area contributed by atoms with Crippen molar-refractivity contribution in [3.05, 3.63) is 12.0 Å². The Hall–Kier alpha value is -1.92. The Morgan fingerprint density at radius 1 is 1.47 bits per heavy atom. The molecule has 1 aromatic rings. The zero-order valence-corrected chi connectivity index (χ0v) is 10.8. The van der Waals surface area contributed by atoms with Gasteiger partial charge in [-0.2, -0.15) is 0 Å². The Balaban J connectivity index is 2.85. The van der Waals surface area contributed by atoms with E-state index in [0.29, 0.717) is 5.82 Å². The molecule has 0 aromatic carbocycles.